The molecule has 4 aliphatic carbocycles. The van der Waals surface area contributed by atoms with E-state index in [2.05, 4.69) is 13.8 Å². The summed E-state index contributed by atoms with van der Waals surface area (Å²) in [5, 5.41) is 0. The summed E-state index contributed by atoms with van der Waals surface area (Å²) in [4.78, 5) is 0. The topological polar surface area (TPSA) is 0 Å². The molecule has 60 valence electrons. The highest BCUT2D eigenvalue weighted by molar-refractivity contribution is 5.45. The minimum absolute atomic E-state index is 0.839. The van der Waals surface area contributed by atoms with Crippen molar-refractivity contribution in [1.29, 1.82) is 0 Å². The van der Waals surface area contributed by atoms with Crippen LogP contribution in [0.2, 0.25) is 0 Å². The van der Waals surface area contributed by atoms with Crippen LogP contribution in [0.25, 0.3) is 0 Å². The van der Waals surface area contributed by atoms with Gasteiger partial charge in [0, 0.05) is 0 Å². The monoisotopic (exact) mass is 148 g/mol. The Kier molecular flexibility index (Phi) is 0.527. The molecule has 0 heterocycles. The normalized spacial score (nSPS) is 81.3. The lowest BCUT2D eigenvalue weighted by Gasteiger charge is -2.44. The van der Waals surface area contributed by atoms with Crippen LogP contribution >= 0.6 is 0 Å². The summed E-state index contributed by atoms with van der Waals surface area (Å²) in [6.07, 6.45) is 6.33. The summed E-state index contributed by atoms with van der Waals surface area (Å²) >= 11 is 0. The van der Waals surface area contributed by atoms with Gasteiger partial charge in [-0.25, -0.2) is 0 Å². The molecule has 0 amide bonds. The highest BCUT2D eigenvalue weighted by atomic mass is 15.0. The van der Waals surface area contributed by atoms with Gasteiger partial charge < -0.3 is 0 Å². The minimum atomic E-state index is 0.839. The molecule has 5 atom stereocenters. The highest BCUT2D eigenvalue weighted by Gasteiger charge is 2.98. The van der Waals surface area contributed by atoms with E-state index in [4.69, 9.17) is 0 Å². The molecule has 0 heteroatoms. The van der Waals surface area contributed by atoms with E-state index < -0.39 is 0 Å². The van der Waals surface area contributed by atoms with E-state index in [1.165, 1.54) is 11.8 Å². The Hall–Kier alpha value is 0. The van der Waals surface area contributed by atoms with Gasteiger partial charge in [0.25, 0.3) is 0 Å². The summed E-state index contributed by atoms with van der Waals surface area (Å²) in [7, 11) is 0. The first-order valence-corrected chi connectivity index (χ1v) is 5.17. The summed E-state index contributed by atoms with van der Waals surface area (Å²) in [6.45, 7) is 5.13. The zero-order chi connectivity index (χ0) is 7.48. The molecule has 0 aromatic heterocycles. The lowest BCUT2D eigenvalue weighted by atomic mass is 9.60. The Labute approximate surface area is 68.4 Å². The Balaban J connectivity index is 1.96. The molecule has 11 heavy (non-hydrogen) atoms. The van der Waals surface area contributed by atoms with E-state index in [1.54, 1.807) is 25.7 Å². The number of fused-ring (bicyclic) bond motifs is 1. The molecule has 0 aromatic rings. The summed E-state index contributed by atoms with van der Waals surface area (Å²) in [5.74, 6) is 2.35. The van der Waals surface area contributed by atoms with Crippen LogP contribution in [0.5, 0.6) is 0 Å². The average Bonchev–Trinajstić information content (AvgIpc) is 2.19. The van der Waals surface area contributed by atoms with Crippen LogP contribution in [0.4, 0.5) is 0 Å². The van der Waals surface area contributed by atoms with E-state index in [0.29, 0.717) is 0 Å². The predicted octanol–water partition coefficient (Wildman–Crippen LogP) is 2.83. The molecule has 0 N–H and O–H groups in total. The van der Waals surface area contributed by atoms with Gasteiger partial charge in [0.05, 0.1) is 0 Å². The van der Waals surface area contributed by atoms with E-state index >= 15 is 0 Å². The van der Waals surface area contributed by atoms with Crippen molar-refractivity contribution < 1.29 is 0 Å². The predicted molar refractivity (Wildman–Crippen MR) is 44.1 cm³/mol. The molecule has 4 fully saturated rings. The van der Waals surface area contributed by atoms with Gasteiger partial charge in [-0.15, -0.1) is 0 Å². The maximum atomic E-state index is 2.56. The quantitative estimate of drug-likeness (QED) is 0.495. The van der Waals surface area contributed by atoms with Crippen molar-refractivity contribution in [2.24, 2.45) is 28.1 Å². The van der Waals surface area contributed by atoms with Gasteiger partial charge in [-0.05, 0) is 53.8 Å². The van der Waals surface area contributed by atoms with E-state index in [0.717, 1.165) is 16.2 Å². The fourth-order valence-corrected chi connectivity index (χ4v) is 6.17. The van der Waals surface area contributed by atoms with E-state index in [1.807, 2.05) is 0 Å². The van der Waals surface area contributed by atoms with E-state index in [9.17, 15) is 0 Å². The molecule has 1 spiro atoms. The molecule has 4 rings (SSSR count). The molecule has 3 unspecified atom stereocenters. The Morgan fingerprint density at radius 3 is 1.64 bits per heavy atom. The van der Waals surface area contributed by atoms with Crippen molar-refractivity contribution >= 4 is 0 Å². The number of hydrogen-bond acceptors (Lipinski definition) is 0. The number of rotatable bonds is 0. The molecule has 0 aliphatic heterocycles. The second kappa shape index (κ2) is 1.03. The van der Waals surface area contributed by atoms with Gasteiger partial charge in [0.2, 0.25) is 0 Å². The fraction of sp³-hybridized carbons (Fsp3) is 1.00. The Bertz CT molecular complexity index is 239. The first-order chi connectivity index (χ1) is 5.17. The smallest absolute Gasteiger partial charge is 0.0122 e. The largest absolute Gasteiger partial charge is 0.0585 e. The molecular formula is C11H16. The molecule has 0 aromatic carbocycles. The van der Waals surface area contributed by atoms with Gasteiger partial charge in [-0.1, -0.05) is 13.8 Å². The first-order valence-electron chi connectivity index (χ1n) is 5.17. The standard InChI is InChI=1S/C11H16/c1-9-5-7-3-4-8-6-10(9,2)11(7,8)9/h7-8H,3-6H2,1-2H3/t7-,8+,9?,10?,11?. The molecule has 0 radical (unpaired) electrons. The van der Waals surface area contributed by atoms with Crippen molar-refractivity contribution in [2.75, 3.05) is 0 Å². The lowest BCUT2D eigenvalue weighted by Crippen LogP contribution is -2.38. The third-order valence-corrected chi connectivity index (χ3v) is 6.44. The van der Waals surface area contributed by atoms with Crippen LogP contribution in [0.1, 0.15) is 39.5 Å². The Morgan fingerprint density at radius 1 is 0.909 bits per heavy atom. The number of hydrogen-bond donors (Lipinski definition) is 0. The van der Waals surface area contributed by atoms with Crippen LogP contribution in [-0.4, -0.2) is 0 Å². The molecule has 0 bridgehead atoms. The van der Waals surface area contributed by atoms with Crippen LogP contribution in [0.3, 0.4) is 0 Å². The third-order valence-electron chi connectivity index (χ3n) is 6.44. The Morgan fingerprint density at radius 2 is 1.36 bits per heavy atom. The van der Waals surface area contributed by atoms with Crippen molar-refractivity contribution in [3.05, 3.63) is 0 Å². The fourth-order valence-electron chi connectivity index (χ4n) is 6.17. The maximum absolute atomic E-state index is 2.56. The second-order valence-corrected chi connectivity index (χ2v) is 5.91. The molecular weight excluding hydrogens is 132 g/mol. The molecule has 4 saturated carbocycles. The summed E-state index contributed by atoms with van der Waals surface area (Å²) in [5.41, 5.74) is 2.61. The van der Waals surface area contributed by atoms with Crippen LogP contribution in [-0.2, 0) is 0 Å². The van der Waals surface area contributed by atoms with E-state index in [-0.39, 0.29) is 0 Å². The third kappa shape index (κ3) is 0.237. The lowest BCUT2D eigenvalue weighted by molar-refractivity contribution is 0.0348. The summed E-state index contributed by atoms with van der Waals surface area (Å²) < 4.78 is 0. The zero-order valence-electron chi connectivity index (χ0n) is 7.48. The second-order valence-electron chi connectivity index (χ2n) is 5.91. The van der Waals surface area contributed by atoms with Crippen molar-refractivity contribution in [3.8, 4) is 0 Å². The maximum Gasteiger partial charge on any atom is -0.0122 e. The summed E-state index contributed by atoms with van der Waals surface area (Å²) in [6, 6.07) is 0. The van der Waals surface area contributed by atoms with Gasteiger partial charge in [0.1, 0.15) is 0 Å². The van der Waals surface area contributed by atoms with Crippen LogP contribution in [0.15, 0.2) is 0 Å². The van der Waals surface area contributed by atoms with Gasteiger partial charge >= 0.3 is 0 Å². The SMILES string of the molecule is CC12C[C@H]3CC[C@H]4CC1(C)C342. The van der Waals surface area contributed by atoms with Crippen LogP contribution < -0.4 is 0 Å². The van der Waals surface area contributed by atoms with Crippen molar-refractivity contribution in [2.45, 2.75) is 39.5 Å². The molecule has 0 saturated heterocycles. The molecule has 0 nitrogen and oxygen atoms in total. The van der Waals surface area contributed by atoms with Crippen molar-refractivity contribution in [1.82, 2.24) is 0 Å². The van der Waals surface area contributed by atoms with Gasteiger partial charge in [-0.2, -0.15) is 0 Å². The first kappa shape index (κ1) is 5.61. The van der Waals surface area contributed by atoms with Gasteiger partial charge in [0.15, 0.2) is 0 Å². The average molecular weight is 148 g/mol. The molecule has 4 aliphatic rings. The van der Waals surface area contributed by atoms with Gasteiger partial charge in [-0.3, -0.25) is 0 Å². The minimum Gasteiger partial charge on any atom is -0.0585 e. The zero-order valence-corrected chi connectivity index (χ0v) is 7.48. The van der Waals surface area contributed by atoms with Crippen LogP contribution in [0, 0.1) is 28.1 Å². The highest BCUT2D eigenvalue weighted by Crippen LogP contribution is 3.04. The van der Waals surface area contributed by atoms with Crippen molar-refractivity contribution in [3.63, 3.8) is 0 Å².